The third-order valence-corrected chi connectivity index (χ3v) is 3.05. The van der Waals surface area contributed by atoms with Crippen molar-refractivity contribution in [3.05, 3.63) is 34.6 Å². The highest BCUT2D eigenvalue weighted by Crippen LogP contribution is 2.28. The molecule has 0 aliphatic rings. The average molecular weight is 282 g/mol. The number of halogens is 1. The van der Waals surface area contributed by atoms with Gasteiger partial charge in [0.25, 0.3) is 5.89 Å². The Morgan fingerprint density at radius 2 is 2.21 bits per heavy atom. The molecule has 102 valence electrons. The smallest absolute Gasteiger partial charge is 0.259 e. The fourth-order valence-electron chi connectivity index (χ4n) is 1.72. The topological polar surface area (TPSA) is 74.2 Å². The zero-order chi connectivity index (χ0) is 14.0. The standard InChI is InChI=1S/C13H16ClN3O2/c1-8-4-5-9(10(14)6-8)11-16-12(17-19-11)13(2,15)7-18-3/h4-6H,7,15H2,1-3H3. The Balaban J connectivity index is 2.35. The van der Waals surface area contributed by atoms with Gasteiger partial charge in [0.15, 0.2) is 5.82 Å². The number of nitrogens with two attached hydrogens (primary N) is 1. The molecule has 2 rings (SSSR count). The van der Waals surface area contributed by atoms with Crippen LogP contribution in [0.15, 0.2) is 22.7 Å². The SMILES string of the molecule is COCC(C)(N)c1noc(-c2ccc(C)cc2Cl)n1. The van der Waals surface area contributed by atoms with E-state index in [1.807, 2.05) is 25.1 Å². The predicted molar refractivity (Wildman–Crippen MR) is 72.9 cm³/mol. The maximum atomic E-state index is 6.17. The van der Waals surface area contributed by atoms with Gasteiger partial charge in [0, 0.05) is 7.11 Å². The predicted octanol–water partition coefficient (Wildman–Crippen LogP) is 2.52. The molecular weight excluding hydrogens is 266 g/mol. The third kappa shape index (κ3) is 2.94. The van der Waals surface area contributed by atoms with Crippen molar-refractivity contribution in [1.82, 2.24) is 10.1 Å². The lowest BCUT2D eigenvalue weighted by Gasteiger charge is -2.18. The Kier molecular flexibility index (Phi) is 3.89. The summed E-state index contributed by atoms with van der Waals surface area (Å²) >= 11 is 6.17. The molecule has 2 aromatic rings. The Bertz CT molecular complexity index is 581. The molecular formula is C13H16ClN3O2. The maximum Gasteiger partial charge on any atom is 0.259 e. The number of methoxy groups -OCH3 is 1. The van der Waals surface area contributed by atoms with Crippen molar-refractivity contribution in [2.75, 3.05) is 13.7 Å². The Morgan fingerprint density at radius 1 is 1.47 bits per heavy atom. The van der Waals surface area contributed by atoms with Gasteiger partial charge in [-0.25, -0.2) is 0 Å². The summed E-state index contributed by atoms with van der Waals surface area (Å²) in [5.41, 5.74) is 7.02. The maximum absolute atomic E-state index is 6.17. The first-order valence-corrected chi connectivity index (χ1v) is 6.20. The van der Waals surface area contributed by atoms with Gasteiger partial charge in [-0.05, 0) is 31.5 Å². The molecule has 0 bridgehead atoms. The first-order valence-electron chi connectivity index (χ1n) is 5.82. The van der Waals surface area contributed by atoms with Crippen molar-refractivity contribution >= 4 is 11.6 Å². The summed E-state index contributed by atoms with van der Waals surface area (Å²) in [6.07, 6.45) is 0. The van der Waals surface area contributed by atoms with Crippen LogP contribution in [0.3, 0.4) is 0 Å². The molecule has 0 saturated heterocycles. The van der Waals surface area contributed by atoms with E-state index in [0.717, 1.165) is 5.56 Å². The van der Waals surface area contributed by atoms with Gasteiger partial charge >= 0.3 is 0 Å². The van der Waals surface area contributed by atoms with Crippen LogP contribution in [0.2, 0.25) is 5.02 Å². The van der Waals surface area contributed by atoms with Crippen molar-refractivity contribution in [2.45, 2.75) is 19.4 Å². The van der Waals surface area contributed by atoms with E-state index >= 15 is 0 Å². The molecule has 0 amide bonds. The van der Waals surface area contributed by atoms with Crippen molar-refractivity contribution in [3.8, 4) is 11.5 Å². The van der Waals surface area contributed by atoms with Crippen LogP contribution in [0.25, 0.3) is 11.5 Å². The molecule has 0 fully saturated rings. The van der Waals surface area contributed by atoms with Gasteiger partial charge in [0.1, 0.15) is 5.54 Å². The Morgan fingerprint density at radius 3 is 2.84 bits per heavy atom. The van der Waals surface area contributed by atoms with E-state index in [4.69, 9.17) is 26.6 Å². The summed E-state index contributed by atoms with van der Waals surface area (Å²) in [4.78, 5) is 4.29. The van der Waals surface area contributed by atoms with Crippen LogP contribution in [0.4, 0.5) is 0 Å². The van der Waals surface area contributed by atoms with E-state index in [0.29, 0.717) is 28.9 Å². The molecule has 1 aromatic heterocycles. The highest BCUT2D eigenvalue weighted by atomic mass is 35.5. The number of hydrogen-bond donors (Lipinski definition) is 1. The van der Waals surface area contributed by atoms with E-state index < -0.39 is 5.54 Å². The van der Waals surface area contributed by atoms with Gasteiger partial charge in [-0.1, -0.05) is 22.8 Å². The van der Waals surface area contributed by atoms with Crippen molar-refractivity contribution in [3.63, 3.8) is 0 Å². The molecule has 0 aliphatic carbocycles. The molecule has 1 heterocycles. The molecule has 1 unspecified atom stereocenters. The van der Waals surface area contributed by atoms with E-state index in [9.17, 15) is 0 Å². The molecule has 1 atom stereocenters. The average Bonchev–Trinajstić information content (AvgIpc) is 2.78. The summed E-state index contributed by atoms with van der Waals surface area (Å²) in [7, 11) is 1.57. The minimum Gasteiger partial charge on any atom is -0.382 e. The van der Waals surface area contributed by atoms with Crippen LogP contribution in [-0.4, -0.2) is 23.9 Å². The molecule has 0 radical (unpaired) electrons. The van der Waals surface area contributed by atoms with Gasteiger partial charge in [-0.2, -0.15) is 4.98 Å². The highest BCUT2D eigenvalue weighted by molar-refractivity contribution is 6.33. The fraction of sp³-hybridized carbons (Fsp3) is 0.385. The van der Waals surface area contributed by atoms with E-state index in [1.54, 1.807) is 14.0 Å². The number of nitrogens with zero attached hydrogens (tertiary/aromatic N) is 2. The number of hydrogen-bond acceptors (Lipinski definition) is 5. The number of rotatable bonds is 4. The summed E-state index contributed by atoms with van der Waals surface area (Å²) in [5.74, 6) is 0.744. The molecule has 0 aliphatic heterocycles. The fourth-order valence-corrected chi connectivity index (χ4v) is 2.04. The number of benzene rings is 1. The Hall–Kier alpha value is -1.43. The molecule has 0 saturated carbocycles. The van der Waals surface area contributed by atoms with E-state index in [2.05, 4.69) is 10.1 Å². The van der Waals surface area contributed by atoms with Crippen LogP contribution >= 0.6 is 11.6 Å². The molecule has 1 aromatic carbocycles. The van der Waals surface area contributed by atoms with E-state index in [-0.39, 0.29) is 0 Å². The molecule has 19 heavy (non-hydrogen) atoms. The van der Waals surface area contributed by atoms with Crippen LogP contribution in [0.5, 0.6) is 0 Å². The zero-order valence-electron chi connectivity index (χ0n) is 11.1. The Labute approximate surface area is 116 Å². The van der Waals surface area contributed by atoms with Crippen LogP contribution in [0.1, 0.15) is 18.3 Å². The molecule has 5 nitrogen and oxygen atoms in total. The summed E-state index contributed by atoms with van der Waals surface area (Å²) in [5, 5.41) is 4.47. The third-order valence-electron chi connectivity index (χ3n) is 2.74. The lowest BCUT2D eigenvalue weighted by molar-refractivity contribution is 0.135. The second-order valence-corrected chi connectivity index (χ2v) is 5.16. The van der Waals surface area contributed by atoms with Crippen molar-refractivity contribution in [2.24, 2.45) is 5.73 Å². The zero-order valence-corrected chi connectivity index (χ0v) is 11.9. The molecule has 2 N–H and O–H groups in total. The van der Waals surface area contributed by atoms with Gasteiger partial charge in [0.05, 0.1) is 17.2 Å². The van der Waals surface area contributed by atoms with Gasteiger partial charge < -0.3 is 15.0 Å². The largest absolute Gasteiger partial charge is 0.382 e. The second-order valence-electron chi connectivity index (χ2n) is 4.76. The minimum atomic E-state index is -0.798. The first-order chi connectivity index (χ1) is 8.94. The van der Waals surface area contributed by atoms with Gasteiger partial charge in [-0.3, -0.25) is 0 Å². The number of ether oxygens (including phenoxy) is 1. The van der Waals surface area contributed by atoms with Crippen LogP contribution in [-0.2, 0) is 10.3 Å². The molecule has 6 heteroatoms. The number of aryl methyl sites for hydroxylation is 1. The molecule has 0 spiro atoms. The highest BCUT2D eigenvalue weighted by Gasteiger charge is 2.28. The lowest BCUT2D eigenvalue weighted by atomic mass is 10.1. The van der Waals surface area contributed by atoms with Crippen molar-refractivity contribution in [1.29, 1.82) is 0 Å². The lowest BCUT2D eigenvalue weighted by Crippen LogP contribution is -2.38. The normalized spacial score (nSPS) is 14.4. The summed E-state index contributed by atoms with van der Waals surface area (Å²) < 4.78 is 10.3. The van der Waals surface area contributed by atoms with Crippen LogP contribution < -0.4 is 5.73 Å². The van der Waals surface area contributed by atoms with Crippen molar-refractivity contribution < 1.29 is 9.26 Å². The van der Waals surface area contributed by atoms with E-state index in [1.165, 1.54) is 0 Å². The first kappa shape index (κ1) is 14.0. The van der Waals surface area contributed by atoms with Crippen LogP contribution in [0, 0.1) is 6.92 Å². The monoisotopic (exact) mass is 281 g/mol. The minimum absolute atomic E-state index is 0.299. The summed E-state index contributed by atoms with van der Waals surface area (Å²) in [6, 6.07) is 5.62. The van der Waals surface area contributed by atoms with Gasteiger partial charge in [0.2, 0.25) is 0 Å². The quantitative estimate of drug-likeness (QED) is 0.932. The summed E-state index contributed by atoms with van der Waals surface area (Å²) in [6.45, 7) is 4.04. The van der Waals surface area contributed by atoms with Gasteiger partial charge in [-0.15, -0.1) is 0 Å². The second kappa shape index (κ2) is 5.28. The number of aromatic nitrogens is 2.